The quantitative estimate of drug-likeness (QED) is 0.483. The number of carbonyl (C=O) groups is 3. The molecule has 0 unspecified atom stereocenters. The summed E-state index contributed by atoms with van der Waals surface area (Å²) in [5.41, 5.74) is 0.114. The molecule has 0 fully saturated rings. The minimum atomic E-state index is -1.44. The van der Waals surface area contributed by atoms with Gasteiger partial charge in [0, 0.05) is 12.0 Å². The summed E-state index contributed by atoms with van der Waals surface area (Å²) < 4.78 is 15.9. The number of aldehydes is 1. The molecule has 1 atom stereocenters. The summed E-state index contributed by atoms with van der Waals surface area (Å²) in [6.07, 6.45) is 0.873. The van der Waals surface area contributed by atoms with Gasteiger partial charge in [0.2, 0.25) is 5.60 Å². The smallest absolute Gasteiger partial charge is 0.356 e. The van der Waals surface area contributed by atoms with E-state index in [2.05, 4.69) is 0 Å². The molecule has 0 amide bonds. The lowest BCUT2D eigenvalue weighted by Crippen LogP contribution is -2.48. The largest absolute Gasteiger partial charge is 0.493 e. The highest BCUT2D eigenvalue weighted by Crippen LogP contribution is 2.32. The fourth-order valence-corrected chi connectivity index (χ4v) is 2.70. The summed E-state index contributed by atoms with van der Waals surface area (Å²) >= 11 is 0. The van der Waals surface area contributed by atoms with Crippen LogP contribution in [0, 0.1) is 0 Å². The molecule has 0 bridgehead atoms. The van der Waals surface area contributed by atoms with Crippen LogP contribution >= 0.6 is 0 Å². The standard InChI is InChI=1S/C19H16O6/c1-19(10-13-5-3-4-6-14(13)17(21)25-19)18(22)24-15-8-7-12(11-20)9-16(15)23-2/h3-9,11H,10H2,1-2H3/t19-/m0/s1. The fourth-order valence-electron chi connectivity index (χ4n) is 2.70. The van der Waals surface area contributed by atoms with E-state index >= 15 is 0 Å². The third kappa shape index (κ3) is 3.10. The fraction of sp³-hybridized carbons (Fsp3) is 0.211. The van der Waals surface area contributed by atoms with Crippen molar-refractivity contribution < 1.29 is 28.6 Å². The molecule has 2 aromatic carbocycles. The Bertz CT molecular complexity index is 857. The first-order valence-electron chi connectivity index (χ1n) is 7.63. The molecule has 6 nitrogen and oxygen atoms in total. The van der Waals surface area contributed by atoms with Crippen LogP contribution in [0.2, 0.25) is 0 Å². The molecule has 3 rings (SSSR count). The average Bonchev–Trinajstić information content (AvgIpc) is 2.61. The van der Waals surface area contributed by atoms with Crippen molar-refractivity contribution >= 4 is 18.2 Å². The van der Waals surface area contributed by atoms with Gasteiger partial charge < -0.3 is 14.2 Å². The number of carbonyl (C=O) groups excluding carboxylic acids is 3. The summed E-state index contributed by atoms with van der Waals surface area (Å²) in [6.45, 7) is 1.51. The molecule has 6 heteroatoms. The van der Waals surface area contributed by atoms with E-state index in [0.29, 0.717) is 17.4 Å². The number of ether oxygens (including phenoxy) is 3. The molecular formula is C19H16O6. The lowest BCUT2D eigenvalue weighted by molar-refractivity contribution is -0.155. The van der Waals surface area contributed by atoms with Gasteiger partial charge in [-0.2, -0.15) is 0 Å². The molecule has 0 aliphatic carbocycles. The number of cyclic esters (lactones) is 1. The Kier molecular flexibility index (Phi) is 4.27. The molecule has 0 saturated heterocycles. The highest BCUT2D eigenvalue weighted by molar-refractivity contribution is 5.96. The van der Waals surface area contributed by atoms with Gasteiger partial charge in [0.05, 0.1) is 12.7 Å². The van der Waals surface area contributed by atoms with Crippen LogP contribution in [0.4, 0.5) is 0 Å². The molecule has 0 N–H and O–H groups in total. The third-order valence-corrected chi connectivity index (χ3v) is 4.04. The van der Waals surface area contributed by atoms with E-state index in [4.69, 9.17) is 14.2 Å². The SMILES string of the molecule is COc1cc(C=O)ccc1OC(=O)[C@]1(C)Cc2ccccc2C(=O)O1. The Balaban J connectivity index is 1.87. The molecular weight excluding hydrogens is 324 g/mol. The molecule has 1 aliphatic heterocycles. The summed E-state index contributed by atoms with van der Waals surface area (Å²) in [7, 11) is 1.40. The summed E-state index contributed by atoms with van der Waals surface area (Å²) in [4.78, 5) is 35.7. The highest BCUT2D eigenvalue weighted by atomic mass is 16.6. The van der Waals surface area contributed by atoms with Gasteiger partial charge in [0.1, 0.15) is 6.29 Å². The van der Waals surface area contributed by atoms with Crippen molar-refractivity contribution in [3.05, 3.63) is 59.2 Å². The molecule has 1 aliphatic rings. The monoisotopic (exact) mass is 340 g/mol. The first kappa shape index (κ1) is 16.7. The zero-order valence-corrected chi connectivity index (χ0v) is 13.8. The highest BCUT2D eigenvalue weighted by Gasteiger charge is 2.44. The normalized spacial score (nSPS) is 18.7. The van der Waals surface area contributed by atoms with Crippen LogP contribution in [0.3, 0.4) is 0 Å². The van der Waals surface area contributed by atoms with E-state index in [1.807, 2.05) is 0 Å². The summed E-state index contributed by atoms with van der Waals surface area (Å²) in [5, 5.41) is 0. The Morgan fingerprint density at radius 3 is 2.68 bits per heavy atom. The number of hydrogen-bond acceptors (Lipinski definition) is 6. The molecule has 0 spiro atoms. The van der Waals surface area contributed by atoms with E-state index in [-0.39, 0.29) is 17.9 Å². The minimum absolute atomic E-state index is 0.147. The van der Waals surface area contributed by atoms with Gasteiger partial charge in [-0.25, -0.2) is 9.59 Å². The van der Waals surface area contributed by atoms with Crippen LogP contribution in [0.15, 0.2) is 42.5 Å². The van der Waals surface area contributed by atoms with Crippen molar-refractivity contribution in [2.24, 2.45) is 0 Å². The molecule has 0 radical (unpaired) electrons. The van der Waals surface area contributed by atoms with E-state index in [1.54, 1.807) is 24.3 Å². The van der Waals surface area contributed by atoms with Crippen LogP contribution in [0.5, 0.6) is 11.5 Å². The molecule has 0 saturated carbocycles. The number of esters is 2. The molecule has 2 aromatic rings. The van der Waals surface area contributed by atoms with Crippen LogP contribution in [-0.2, 0) is 16.0 Å². The van der Waals surface area contributed by atoms with Gasteiger partial charge >= 0.3 is 11.9 Å². The van der Waals surface area contributed by atoms with E-state index in [0.717, 1.165) is 5.56 Å². The number of hydrogen-bond donors (Lipinski definition) is 0. The number of methoxy groups -OCH3 is 1. The zero-order chi connectivity index (χ0) is 18.0. The Labute approximate surface area is 144 Å². The van der Waals surface area contributed by atoms with Crippen LogP contribution in [0.25, 0.3) is 0 Å². The molecule has 1 heterocycles. The van der Waals surface area contributed by atoms with E-state index < -0.39 is 17.5 Å². The predicted octanol–water partition coefficient (Wildman–Crippen LogP) is 2.58. The van der Waals surface area contributed by atoms with E-state index in [1.165, 1.54) is 32.2 Å². The molecule has 0 aromatic heterocycles. The lowest BCUT2D eigenvalue weighted by atomic mass is 9.90. The van der Waals surface area contributed by atoms with Crippen molar-refractivity contribution in [3.63, 3.8) is 0 Å². The Morgan fingerprint density at radius 2 is 1.96 bits per heavy atom. The van der Waals surface area contributed by atoms with Gasteiger partial charge in [-0.1, -0.05) is 18.2 Å². The maximum absolute atomic E-state index is 12.6. The third-order valence-electron chi connectivity index (χ3n) is 4.04. The second-order valence-corrected chi connectivity index (χ2v) is 5.87. The van der Waals surface area contributed by atoms with Gasteiger partial charge in [-0.15, -0.1) is 0 Å². The molecule has 25 heavy (non-hydrogen) atoms. The van der Waals surface area contributed by atoms with Crippen molar-refractivity contribution in [2.45, 2.75) is 18.9 Å². The van der Waals surface area contributed by atoms with Crippen molar-refractivity contribution in [2.75, 3.05) is 7.11 Å². The molecule has 128 valence electrons. The zero-order valence-electron chi connectivity index (χ0n) is 13.8. The van der Waals surface area contributed by atoms with Crippen LogP contribution < -0.4 is 9.47 Å². The minimum Gasteiger partial charge on any atom is -0.493 e. The Hall–Kier alpha value is -3.15. The van der Waals surface area contributed by atoms with Gasteiger partial charge in [-0.05, 0) is 36.8 Å². The van der Waals surface area contributed by atoms with Crippen molar-refractivity contribution in [3.8, 4) is 11.5 Å². The first-order chi connectivity index (χ1) is 12.0. The van der Waals surface area contributed by atoms with Crippen molar-refractivity contribution in [1.29, 1.82) is 0 Å². The lowest BCUT2D eigenvalue weighted by Gasteiger charge is -2.32. The topological polar surface area (TPSA) is 78.9 Å². The van der Waals surface area contributed by atoms with Crippen LogP contribution in [0.1, 0.15) is 33.2 Å². The second-order valence-electron chi connectivity index (χ2n) is 5.87. The first-order valence-corrected chi connectivity index (χ1v) is 7.63. The van der Waals surface area contributed by atoms with Gasteiger partial charge in [0.15, 0.2) is 11.5 Å². The van der Waals surface area contributed by atoms with Crippen LogP contribution in [-0.4, -0.2) is 30.9 Å². The predicted molar refractivity (Wildman–Crippen MR) is 88.0 cm³/mol. The van der Waals surface area contributed by atoms with Crippen molar-refractivity contribution in [1.82, 2.24) is 0 Å². The Morgan fingerprint density at radius 1 is 1.20 bits per heavy atom. The van der Waals surface area contributed by atoms with E-state index in [9.17, 15) is 14.4 Å². The number of fused-ring (bicyclic) bond motifs is 1. The van der Waals surface area contributed by atoms with Gasteiger partial charge in [0.25, 0.3) is 0 Å². The second kappa shape index (κ2) is 6.39. The maximum atomic E-state index is 12.6. The van der Waals surface area contributed by atoms with Gasteiger partial charge in [-0.3, -0.25) is 4.79 Å². The number of benzene rings is 2. The summed E-state index contributed by atoms with van der Waals surface area (Å²) in [6, 6.07) is 11.4. The summed E-state index contributed by atoms with van der Waals surface area (Å²) in [5.74, 6) is -0.893. The number of rotatable bonds is 4. The average molecular weight is 340 g/mol. The maximum Gasteiger partial charge on any atom is 0.356 e.